The molecular weight excluding hydrogens is 394 g/mol. The molecule has 0 unspecified atom stereocenters. The quantitative estimate of drug-likeness (QED) is 0.589. The van der Waals surface area contributed by atoms with E-state index in [-0.39, 0.29) is 18.4 Å². The van der Waals surface area contributed by atoms with Crippen LogP contribution in [0.5, 0.6) is 0 Å². The molecule has 0 saturated heterocycles. The van der Waals surface area contributed by atoms with Crippen LogP contribution in [0.25, 0.3) is 0 Å². The first-order valence-electron chi connectivity index (χ1n) is 9.54. The smallest absolute Gasteiger partial charge is 0.252 e. The molecular formula is C24H21N3O2S. The van der Waals surface area contributed by atoms with Gasteiger partial charge in [-0.1, -0.05) is 61.2 Å². The van der Waals surface area contributed by atoms with Gasteiger partial charge in [0.25, 0.3) is 5.91 Å². The molecule has 150 valence electrons. The predicted molar refractivity (Wildman–Crippen MR) is 119 cm³/mol. The fraction of sp³-hybridized carbons (Fsp3) is 0.125. The summed E-state index contributed by atoms with van der Waals surface area (Å²) in [7, 11) is 0. The van der Waals surface area contributed by atoms with Crippen LogP contribution in [-0.4, -0.2) is 18.4 Å². The number of aryl methyl sites for hydroxylation is 1. The van der Waals surface area contributed by atoms with Crippen LogP contribution in [0.1, 0.15) is 28.4 Å². The van der Waals surface area contributed by atoms with E-state index in [4.69, 9.17) is 0 Å². The molecule has 2 amide bonds. The average molecular weight is 416 g/mol. The molecule has 0 aliphatic rings. The molecule has 0 aliphatic carbocycles. The van der Waals surface area contributed by atoms with Crippen LogP contribution in [0.2, 0.25) is 0 Å². The number of amides is 2. The van der Waals surface area contributed by atoms with Crippen LogP contribution in [-0.2, 0) is 11.2 Å². The third-order valence-corrected chi connectivity index (χ3v) is 5.59. The molecule has 0 radical (unpaired) electrons. The molecule has 0 saturated carbocycles. The van der Waals surface area contributed by atoms with Gasteiger partial charge in [0.2, 0.25) is 5.91 Å². The van der Waals surface area contributed by atoms with E-state index < -0.39 is 0 Å². The summed E-state index contributed by atoms with van der Waals surface area (Å²) in [5.41, 5.74) is 2.79. The summed E-state index contributed by atoms with van der Waals surface area (Å²) in [6.45, 7) is 1.89. The Hall–Kier alpha value is -3.56. The van der Waals surface area contributed by atoms with Crippen LogP contribution in [0.4, 0.5) is 5.69 Å². The minimum absolute atomic E-state index is 0.134. The zero-order valence-corrected chi connectivity index (χ0v) is 17.3. The van der Waals surface area contributed by atoms with Crippen molar-refractivity contribution in [2.75, 3.05) is 11.9 Å². The molecule has 0 aromatic heterocycles. The van der Waals surface area contributed by atoms with Crippen LogP contribution in [0, 0.1) is 11.3 Å². The van der Waals surface area contributed by atoms with Gasteiger partial charge >= 0.3 is 0 Å². The highest BCUT2D eigenvalue weighted by Crippen LogP contribution is 2.32. The maximum Gasteiger partial charge on any atom is 0.252 e. The Morgan fingerprint density at radius 2 is 1.60 bits per heavy atom. The zero-order valence-electron chi connectivity index (χ0n) is 16.5. The molecule has 0 spiro atoms. The standard InChI is InChI=1S/C24H21N3O2S/c1-2-17-9-3-6-12-20(17)27-23(28)16-26-24(29)19-11-5-8-14-22(19)30-21-13-7-4-10-18(21)15-25/h3-14H,2,16H2,1H3,(H,26,29)(H,27,28). The molecule has 3 aromatic rings. The number of nitriles is 1. The van der Waals surface area contributed by atoms with E-state index >= 15 is 0 Å². The summed E-state index contributed by atoms with van der Waals surface area (Å²) in [6.07, 6.45) is 0.803. The number of nitrogens with zero attached hydrogens (tertiary/aromatic N) is 1. The van der Waals surface area contributed by atoms with Crippen molar-refractivity contribution in [2.45, 2.75) is 23.1 Å². The van der Waals surface area contributed by atoms with Crippen LogP contribution in [0.15, 0.2) is 82.6 Å². The summed E-state index contributed by atoms with van der Waals surface area (Å²) >= 11 is 1.35. The van der Waals surface area contributed by atoms with Gasteiger partial charge in [-0.3, -0.25) is 9.59 Å². The van der Waals surface area contributed by atoms with Crippen LogP contribution >= 0.6 is 11.8 Å². The van der Waals surface area contributed by atoms with E-state index in [1.54, 1.807) is 24.3 Å². The Morgan fingerprint density at radius 3 is 2.37 bits per heavy atom. The van der Waals surface area contributed by atoms with Crippen molar-refractivity contribution in [3.8, 4) is 6.07 Å². The van der Waals surface area contributed by atoms with Crippen molar-refractivity contribution in [3.63, 3.8) is 0 Å². The Kier molecular flexibility index (Phi) is 7.25. The highest BCUT2D eigenvalue weighted by atomic mass is 32.2. The predicted octanol–water partition coefficient (Wildman–Crippen LogP) is 4.64. The van der Waals surface area contributed by atoms with Crippen LogP contribution < -0.4 is 10.6 Å². The van der Waals surface area contributed by atoms with Crippen molar-refractivity contribution < 1.29 is 9.59 Å². The topological polar surface area (TPSA) is 82.0 Å². The first-order valence-corrected chi connectivity index (χ1v) is 10.4. The third-order valence-electron chi connectivity index (χ3n) is 4.44. The van der Waals surface area contributed by atoms with E-state index in [1.165, 1.54) is 11.8 Å². The molecule has 6 heteroatoms. The second-order valence-electron chi connectivity index (χ2n) is 6.45. The Morgan fingerprint density at radius 1 is 0.933 bits per heavy atom. The van der Waals surface area contributed by atoms with Gasteiger partial charge in [-0.2, -0.15) is 5.26 Å². The van der Waals surface area contributed by atoms with Gasteiger partial charge < -0.3 is 10.6 Å². The minimum Gasteiger partial charge on any atom is -0.343 e. The first kappa shape index (κ1) is 21.2. The largest absolute Gasteiger partial charge is 0.343 e. The van der Waals surface area contributed by atoms with Crippen molar-refractivity contribution in [2.24, 2.45) is 0 Å². The van der Waals surface area contributed by atoms with E-state index in [0.717, 1.165) is 27.5 Å². The first-order chi connectivity index (χ1) is 14.6. The third kappa shape index (κ3) is 5.28. The summed E-state index contributed by atoms with van der Waals surface area (Å²) < 4.78 is 0. The number of nitrogens with one attached hydrogen (secondary N) is 2. The van der Waals surface area contributed by atoms with Crippen molar-refractivity contribution in [3.05, 3.63) is 89.5 Å². The maximum atomic E-state index is 12.7. The minimum atomic E-state index is -0.341. The molecule has 2 N–H and O–H groups in total. The van der Waals surface area contributed by atoms with Gasteiger partial charge in [-0.15, -0.1) is 0 Å². The van der Waals surface area contributed by atoms with Gasteiger partial charge in [-0.25, -0.2) is 0 Å². The maximum absolute atomic E-state index is 12.7. The monoisotopic (exact) mass is 415 g/mol. The normalized spacial score (nSPS) is 10.1. The number of hydrogen-bond donors (Lipinski definition) is 2. The number of carbonyl (C=O) groups is 2. The van der Waals surface area contributed by atoms with E-state index in [2.05, 4.69) is 16.7 Å². The highest BCUT2D eigenvalue weighted by Gasteiger charge is 2.15. The van der Waals surface area contributed by atoms with Crippen LogP contribution in [0.3, 0.4) is 0 Å². The molecule has 0 heterocycles. The number of rotatable bonds is 7. The Labute approximate surface area is 180 Å². The summed E-state index contributed by atoms with van der Waals surface area (Å²) in [4.78, 5) is 26.5. The summed E-state index contributed by atoms with van der Waals surface area (Å²) in [5, 5.41) is 14.8. The lowest BCUT2D eigenvalue weighted by molar-refractivity contribution is -0.115. The second-order valence-corrected chi connectivity index (χ2v) is 7.53. The fourth-order valence-corrected chi connectivity index (χ4v) is 3.93. The number of carbonyl (C=O) groups excluding carboxylic acids is 2. The van der Waals surface area contributed by atoms with Gasteiger partial charge in [0.05, 0.1) is 17.7 Å². The summed E-state index contributed by atoms with van der Waals surface area (Å²) in [5.74, 6) is -0.629. The SMILES string of the molecule is CCc1ccccc1NC(=O)CNC(=O)c1ccccc1Sc1ccccc1C#N. The number of benzene rings is 3. The number of anilines is 1. The van der Waals surface area contributed by atoms with Gasteiger partial charge in [0.1, 0.15) is 6.07 Å². The van der Waals surface area contributed by atoms with E-state index in [1.807, 2.05) is 55.5 Å². The molecule has 0 fully saturated rings. The van der Waals surface area contributed by atoms with E-state index in [0.29, 0.717) is 11.1 Å². The van der Waals surface area contributed by atoms with Crippen molar-refractivity contribution in [1.82, 2.24) is 5.32 Å². The molecule has 0 atom stereocenters. The fourth-order valence-electron chi connectivity index (χ4n) is 2.91. The Bertz CT molecular complexity index is 1110. The van der Waals surface area contributed by atoms with E-state index in [9.17, 15) is 14.9 Å². The lowest BCUT2D eigenvalue weighted by Gasteiger charge is -2.12. The second kappa shape index (κ2) is 10.3. The van der Waals surface area contributed by atoms with Crippen molar-refractivity contribution in [1.29, 1.82) is 5.26 Å². The number of hydrogen-bond acceptors (Lipinski definition) is 4. The lowest BCUT2D eigenvalue weighted by Crippen LogP contribution is -2.33. The van der Waals surface area contributed by atoms with Gasteiger partial charge in [0, 0.05) is 15.5 Å². The molecule has 0 aliphatic heterocycles. The molecule has 3 rings (SSSR count). The summed E-state index contributed by atoms with van der Waals surface area (Å²) in [6, 6.07) is 24.1. The Balaban J connectivity index is 1.67. The zero-order chi connectivity index (χ0) is 21.3. The van der Waals surface area contributed by atoms with Gasteiger partial charge in [-0.05, 0) is 42.3 Å². The van der Waals surface area contributed by atoms with Gasteiger partial charge in [0.15, 0.2) is 0 Å². The molecule has 5 nitrogen and oxygen atoms in total. The number of para-hydroxylation sites is 1. The lowest BCUT2D eigenvalue weighted by atomic mass is 10.1. The molecule has 0 bridgehead atoms. The molecule has 3 aromatic carbocycles. The highest BCUT2D eigenvalue weighted by molar-refractivity contribution is 7.99. The molecule has 30 heavy (non-hydrogen) atoms. The average Bonchev–Trinajstić information content (AvgIpc) is 2.78. The van der Waals surface area contributed by atoms with Crippen molar-refractivity contribution >= 4 is 29.3 Å².